The number of benzene rings is 2. The molecule has 0 saturated carbocycles. The molecule has 0 unspecified atom stereocenters. The average molecular weight is 253 g/mol. The molecule has 0 saturated heterocycles. The van der Waals surface area contributed by atoms with E-state index in [9.17, 15) is 0 Å². The summed E-state index contributed by atoms with van der Waals surface area (Å²) in [4.78, 5) is 6.44. The average Bonchev–Trinajstić information content (AvgIpc) is 2.85. The number of anilines is 2. The molecule has 0 aliphatic heterocycles. The molecule has 0 radical (unpaired) electrons. The van der Waals surface area contributed by atoms with Crippen LogP contribution in [0.4, 0.5) is 11.7 Å². The summed E-state index contributed by atoms with van der Waals surface area (Å²) in [5.74, 6) is 0. The van der Waals surface area contributed by atoms with E-state index in [0.29, 0.717) is 6.01 Å². The van der Waals surface area contributed by atoms with Gasteiger partial charge in [-0.3, -0.25) is 0 Å². The Kier molecular flexibility index (Phi) is 2.83. The summed E-state index contributed by atoms with van der Waals surface area (Å²) in [6.07, 6.45) is 0. The number of para-hydroxylation sites is 2. The van der Waals surface area contributed by atoms with E-state index in [1.54, 1.807) is 0 Å². The van der Waals surface area contributed by atoms with Crippen LogP contribution in [0.1, 0.15) is 5.56 Å². The molecule has 0 aliphatic carbocycles. The number of fused-ring (bicyclic) bond motifs is 1. The highest BCUT2D eigenvalue weighted by Crippen LogP contribution is 2.22. The largest absolute Gasteiger partial charge is 0.423 e. The first kappa shape index (κ1) is 11.6. The van der Waals surface area contributed by atoms with Gasteiger partial charge in [0.15, 0.2) is 5.58 Å². The molecule has 2 aromatic carbocycles. The standard InChI is InChI=1S/C15H15N3O/c1-18(10-11-6-8-12(16)9-7-11)15-17-13-4-2-3-5-14(13)19-15/h2-9H,10,16H2,1H3. The summed E-state index contributed by atoms with van der Waals surface area (Å²) < 4.78 is 5.72. The number of aromatic nitrogens is 1. The van der Waals surface area contributed by atoms with E-state index in [0.717, 1.165) is 23.3 Å². The third kappa shape index (κ3) is 2.38. The van der Waals surface area contributed by atoms with Gasteiger partial charge in [-0.15, -0.1) is 0 Å². The van der Waals surface area contributed by atoms with Crippen molar-refractivity contribution in [3.63, 3.8) is 0 Å². The summed E-state index contributed by atoms with van der Waals surface area (Å²) in [7, 11) is 1.96. The fourth-order valence-electron chi connectivity index (χ4n) is 1.99. The molecule has 3 aromatic rings. The Balaban J connectivity index is 1.83. The van der Waals surface area contributed by atoms with Gasteiger partial charge in [-0.2, -0.15) is 4.98 Å². The van der Waals surface area contributed by atoms with E-state index in [4.69, 9.17) is 10.2 Å². The summed E-state index contributed by atoms with van der Waals surface area (Å²) in [6.45, 7) is 0.729. The number of nitrogens with two attached hydrogens (primary N) is 1. The van der Waals surface area contributed by atoms with Crippen LogP contribution in [0.3, 0.4) is 0 Å². The zero-order chi connectivity index (χ0) is 13.2. The van der Waals surface area contributed by atoms with Gasteiger partial charge in [0.1, 0.15) is 5.52 Å². The van der Waals surface area contributed by atoms with Gasteiger partial charge < -0.3 is 15.1 Å². The monoisotopic (exact) mass is 253 g/mol. The van der Waals surface area contributed by atoms with Crippen LogP contribution < -0.4 is 10.6 Å². The molecule has 0 bridgehead atoms. The highest BCUT2D eigenvalue weighted by Gasteiger charge is 2.10. The van der Waals surface area contributed by atoms with Gasteiger partial charge in [0, 0.05) is 19.3 Å². The SMILES string of the molecule is CN(Cc1ccc(N)cc1)c1nc2ccccc2o1. The van der Waals surface area contributed by atoms with Crippen molar-refractivity contribution in [2.45, 2.75) is 6.54 Å². The van der Waals surface area contributed by atoms with Crippen molar-refractivity contribution in [1.29, 1.82) is 0 Å². The highest BCUT2D eigenvalue weighted by atomic mass is 16.4. The fourth-order valence-corrected chi connectivity index (χ4v) is 1.99. The van der Waals surface area contributed by atoms with Crippen LogP contribution in [0, 0.1) is 0 Å². The molecule has 1 aromatic heterocycles. The number of oxazole rings is 1. The van der Waals surface area contributed by atoms with E-state index < -0.39 is 0 Å². The Morgan fingerprint density at radius 3 is 2.58 bits per heavy atom. The maximum Gasteiger partial charge on any atom is 0.298 e. The quantitative estimate of drug-likeness (QED) is 0.729. The van der Waals surface area contributed by atoms with Crippen LogP contribution in [-0.2, 0) is 6.54 Å². The number of hydrogen-bond donors (Lipinski definition) is 1. The van der Waals surface area contributed by atoms with Crippen molar-refractivity contribution >= 4 is 22.8 Å². The normalized spacial score (nSPS) is 10.8. The molecule has 4 heteroatoms. The van der Waals surface area contributed by atoms with Gasteiger partial charge in [0.2, 0.25) is 0 Å². The van der Waals surface area contributed by atoms with E-state index in [-0.39, 0.29) is 0 Å². The summed E-state index contributed by atoms with van der Waals surface area (Å²) in [6, 6.07) is 16.2. The Hall–Kier alpha value is -2.49. The van der Waals surface area contributed by atoms with Crippen molar-refractivity contribution in [2.75, 3.05) is 17.7 Å². The minimum atomic E-state index is 0.623. The van der Waals surface area contributed by atoms with Crippen LogP contribution in [0.2, 0.25) is 0 Å². The Bertz CT molecular complexity index is 655. The van der Waals surface area contributed by atoms with Crippen molar-refractivity contribution in [3.8, 4) is 0 Å². The summed E-state index contributed by atoms with van der Waals surface area (Å²) >= 11 is 0. The lowest BCUT2D eigenvalue weighted by atomic mass is 10.2. The molecule has 0 aliphatic rings. The maximum atomic E-state index is 5.72. The predicted octanol–water partition coefficient (Wildman–Crippen LogP) is 3.05. The molecular formula is C15H15N3O. The van der Waals surface area contributed by atoms with Gasteiger partial charge in [0.05, 0.1) is 0 Å². The maximum absolute atomic E-state index is 5.72. The lowest BCUT2D eigenvalue weighted by molar-refractivity contribution is 0.582. The van der Waals surface area contributed by atoms with Gasteiger partial charge in [0.25, 0.3) is 6.01 Å². The molecule has 4 nitrogen and oxygen atoms in total. The van der Waals surface area contributed by atoms with Crippen LogP contribution >= 0.6 is 0 Å². The zero-order valence-electron chi connectivity index (χ0n) is 10.7. The van der Waals surface area contributed by atoms with E-state index >= 15 is 0 Å². The lowest BCUT2D eigenvalue weighted by Gasteiger charge is -2.14. The van der Waals surface area contributed by atoms with Crippen LogP contribution in [0.15, 0.2) is 52.9 Å². The Labute approximate surface area is 111 Å². The Morgan fingerprint density at radius 2 is 1.84 bits per heavy atom. The predicted molar refractivity (Wildman–Crippen MR) is 77.0 cm³/mol. The van der Waals surface area contributed by atoms with Gasteiger partial charge in [-0.1, -0.05) is 24.3 Å². The second-order valence-electron chi connectivity index (χ2n) is 4.56. The fraction of sp³-hybridized carbons (Fsp3) is 0.133. The lowest BCUT2D eigenvalue weighted by Crippen LogP contribution is -2.16. The first-order valence-electron chi connectivity index (χ1n) is 6.13. The van der Waals surface area contributed by atoms with Crippen LogP contribution in [0.5, 0.6) is 0 Å². The molecule has 3 rings (SSSR count). The number of nitrogens with zero attached hydrogens (tertiary/aromatic N) is 2. The smallest absolute Gasteiger partial charge is 0.298 e. The first-order chi connectivity index (χ1) is 9.22. The third-order valence-electron chi connectivity index (χ3n) is 3.01. The summed E-state index contributed by atoms with van der Waals surface area (Å²) in [5.41, 5.74) is 9.30. The van der Waals surface area contributed by atoms with Crippen LogP contribution in [0.25, 0.3) is 11.1 Å². The van der Waals surface area contributed by atoms with E-state index in [1.165, 1.54) is 5.56 Å². The van der Waals surface area contributed by atoms with Crippen LogP contribution in [-0.4, -0.2) is 12.0 Å². The third-order valence-corrected chi connectivity index (χ3v) is 3.01. The molecule has 0 fully saturated rings. The molecular weight excluding hydrogens is 238 g/mol. The minimum absolute atomic E-state index is 0.623. The molecule has 96 valence electrons. The molecule has 1 heterocycles. The van der Waals surface area contributed by atoms with E-state index in [2.05, 4.69) is 4.98 Å². The molecule has 2 N–H and O–H groups in total. The second-order valence-corrected chi connectivity index (χ2v) is 4.56. The van der Waals surface area contributed by atoms with Gasteiger partial charge in [-0.05, 0) is 29.8 Å². The van der Waals surface area contributed by atoms with Gasteiger partial charge in [-0.25, -0.2) is 0 Å². The number of rotatable bonds is 3. The number of nitrogen functional groups attached to an aromatic ring is 1. The van der Waals surface area contributed by atoms with Crippen molar-refractivity contribution < 1.29 is 4.42 Å². The molecule has 19 heavy (non-hydrogen) atoms. The first-order valence-corrected chi connectivity index (χ1v) is 6.13. The molecule has 0 spiro atoms. The van der Waals surface area contributed by atoms with E-state index in [1.807, 2.05) is 60.5 Å². The number of hydrogen-bond acceptors (Lipinski definition) is 4. The Morgan fingerprint density at radius 1 is 1.11 bits per heavy atom. The van der Waals surface area contributed by atoms with Crippen molar-refractivity contribution in [2.24, 2.45) is 0 Å². The second kappa shape index (κ2) is 4.65. The topological polar surface area (TPSA) is 55.3 Å². The highest BCUT2D eigenvalue weighted by molar-refractivity contribution is 5.74. The van der Waals surface area contributed by atoms with Gasteiger partial charge >= 0.3 is 0 Å². The molecule has 0 atom stereocenters. The van der Waals surface area contributed by atoms with Crippen molar-refractivity contribution in [1.82, 2.24) is 4.98 Å². The zero-order valence-corrected chi connectivity index (χ0v) is 10.7. The minimum Gasteiger partial charge on any atom is -0.423 e. The molecule has 0 amide bonds. The van der Waals surface area contributed by atoms with Crippen molar-refractivity contribution in [3.05, 3.63) is 54.1 Å². The summed E-state index contributed by atoms with van der Waals surface area (Å²) in [5, 5.41) is 0.